The third-order valence-corrected chi connectivity index (χ3v) is 5.17. The van der Waals surface area contributed by atoms with Gasteiger partial charge in [-0.2, -0.15) is 24.9 Å². The van der Waals surface area contributed by atoms with Crippen molar-refractivity contribution in [1.82, 2.24) is 0 Å². The highest BCUT2D eigenvalue weighted by Crippen LogP contribution is 2.41. The molecular formula is C15H19F6NO2S. The molecule has 0 aromatic rings. The normalized spacial score (nSPS) is 29.2. The van der Waals surface area contributed by atoms with Gasteiger partial charge in [0.25, 0.3) is 0 Å². The van der Waals surface area contributed by atoms with E-state index in [1.807, 2.05) is 6.26 Å². The lowest BCUT2D eigenvalue weighted by Crippen LogP contribution is -2.32. The number of rotatable bonds is 4. The standard InChI is InChI=1S/C15H19F6NO2S/c1-25-11-7-22-13(23-8-11)6-12(14(16,17)18)9-2-4-10(5-3-9)24-15(19,20)21/h6,9-11H,2-5,7-8H2,1H3/b12-6-. The second-order valence-corrected chi connectivity index (χ2v) is 7.12. The van der Waals surface area contributed by atoms with Gasteiger partial charge in [0.15, 0.2) is 0 Å². The van der Waals surface area contributed by atoms with Crippen molar-refractivity contribution in [2.24, 2.45) is 10.9 Å². The van der Waals surface area contributed by atoms with E-state index in [1.165, 1.54) is 11.8 Å². The fourth-order valence-electron chi connectivity index (χ4n) is 2.94. The SMILES string of the molecule is CSC1CN=C(/C=C(/C2CCC(OC(F)(F)F)CC2)C(F)(F)F)OC1. The van der Waals surface area contributed by atoms with Gasteiger partial charge in [0, 0.05) is 11.6 Å². The second-order valence-electron chi connectivity index (χ2n) is 5.98. The first-order chi connectivity index (χ1) is 11.6. The molecule has 0 aromatic heterocycles. The van der Waals surface area contributed by atoms with Crippen molar-refractivity contribution in [3.05, 3.63) is 11.6 Å². The second kappa shape index (κ2) is 8.20. The van der Waals surface area contributed by atoms with Crippen LogP contribution in [0.15, 0.2) is 16.6 Å². The molecule has 10 heteroatoms. The fraction of sp³-hybridized carbons (Fsp3) is 0.800. The Kier molecular flexibility index (Phi) is 6.69. The molecule has 2 rings (SSSR count). The Bertz CT molecular complexity index is 509. The molecule has 1 saturated carbocycles. The number of ether oxygens (including phenoxy) is 2. The summed E-state index contributed by atoms with van der Waals surface area (Å²) < 4.78 is 85.9. The lowest BCUT2D eigenvalue weighted by atomic mass is 9.82. The Morgan fingerprint density at radius 3 is 2.24 bits per heavy atom. The minimum absolute atomic E-state index is 0.0210. The van der Waals surface area contributed by atoms with Crippen molar-refractivity contribution in [2.75, 3.05) is 19.4 Å². The predicted molar refractivity (Wildman–Crippen MR) is 82.6 cm³/mol. The molecule has 0 saturated heterocycles. The third-order valence-electron chi connectivity index (χ3n) is 4.22. The van der Waals surface area contributed by atoms with E-state index in [9.17, 15) is 26.3 Å². The molecule has 0 N–H and O–H groups in total. The first kappa shape index (κ1) is 20.4. The summed E-state index contributed by atoms with van der Waals surface area (Å²) in [6.45, 7) is 0.665. The third kappa shape index (κ3) is 6.40. The molecule has 1 fully saturated rings. The summed E-state index contributed by atoms with van der Waals surface area (Å²) in [4.78, 5) is 4.02. The number of thioether (sulfide) groups is 1. The van der Waals surface area contributed by atoms with Crippen LogP contribution in [0.25, 0.3) is 0 Å². The molecule has 2 aliphatic rings. The number of hydrogen-bond acceptors (Lipinski definition) is 4. The van der Waals surface area contributed by atoms with Crippen LogP contribution < -0.4 is 0 Å². The molecule has 1 atom stereocenters. The number of alkyl halides is 6. The van der Waals surface area contributed by atoms with Crippen molar-refractivity contribution in [3.8, 4) is 0 Å². The molecule has 1 aliphatic heterocycles. The zero-order chi connectivity index (χ0) is 18.7. The molecule has 0 aromatic carbocycles. The van der Waals surface area contributed by atoms with E-state index in [0.29, 0.717) is 6.54 Å². The minimum Gasteiger partial charge on any atom is -0.477 e. The van der Waals surface area contributed by atoms with Crippen LogP contribution >= 0.6 is 11.8 Å². The summed E-state index contributed by atoms with van der Waals surface area (Å²) in [7, 11) is 0. The Balaban J connectivity index is 2.05. The van der Waals surface area contributed by atoms with Crippen molar-refractivity contribution < 1.29 is 35.8 Å². The molecular weight excluding hydrogens is 372 g/mol. The first-order valence-electron chi connectivity index (χ1n) is 7.82. The zero-order valence-electron chi connectivity index (χ0n) is 13.5. The minimum atomic E-state index is -4.77. The van der Waals surface area contributed by atoms with Gasteiger partial charge in [-0.1, -0.05) is 0 Å². The van der Waals surface area contributed by atoms with Crippen LogP contribution in [-0.2, 0) is 9.47 Å². The lowest BCUT2D eigenvalue weighted by molar-refractivity contribution is -0.345. The summed E-state index contributed by atoms with van der Waals surface area (Å²) in [5.74, 6) is -0.941. The molecule has 1 unspecified atom stereocenters. The highest BCUT2D eigenvalue weighted by Gasteiger charge is 2.42. The summed E-state index contributed by atoms with van der Waals surface area (Å²) in [5.41, 5.74) is -0.792. The highest BCUT2D eigenvalue weighted by atomic mass is 32.2. The largest absolute Gasteiger partial charge is 0.522 e. The molecule has 0 amide bonds. The maximum absolute atomic E-state index is 13.4. The van der Waals surface area contributed by atoms with Crippen molar-refractivity contribution in [1.29, 1.82) is 0 Å². The molecule has 3 nitrogen and oxygen atoms in total. The Morgan fingerprint density at radius 1 is 1.16 bits per heavy atom. The summed E-state index contributed by atoms with van der Waals surface area (Å²) >= 11 is 1.52. The van der Waals surface area contributed by atoms with Crippen molar-refractivity contribution in [3.63, 3.8) is 0 Å². The highest BCUT2D eigenvalue weighted by molar-refractivity contribution is 7.99. The van der Waals surface area contributed by atoms with E-state index in [4.69, 9.17) is 4.74 Å². The van der Waals surface area contributed by atoms with E-state index in [1.54, 1.807) is 0 Å². The zero-order valence-corrected chi connectivity index (χ0v) is 14.3. The average Bonchev–Trinajstić information content (AvgIpc) is 2.51. The van der Waals surface area contributed by atoms with Gasteiger partial charge in [-0.15, -0.1) is 13.2 Å². The van der Waals surface area contributed by atoms with E-state index in [-0.39, 0.29) is 43.4 Å². The average molecular weight is 391 g/mol. The smallest absolute Gasteiger partial charge is 0.477 e. The summed E-state index contributed by atoms with van der Waals surface area (Å²) in [5, 5.41) is 0.112. The number of allylic oxidation sites excluding steroid dienone is 1. The van der Waals surface area contributed by atoms with E-state index in [2.05, 4.69) is 9.73 Å². The van der Waals surface area contributed by atoms with Gasteiger partial charge in [-0.25, -0.2) is 0 Å². The summed E-state index contributed by atoms with van der Waals surface area (Å²) in [6, 6.07) is 0. The Hall–Kier alpha value is -0.900. The number of aliphatic imine (C=N–C) groups is 1. The molecule has 0 spiro atoms. The number of nitrogens with zero attached hydrogens (tertiary/aromatic N) is 1. The van der Waals surface area contributed by atoms with Crippen molar-refractivity contribution in [2.45, 2.75) is 49.6 Å². The number of halogens is 6. The first-order valence-corrected chi connectivity index (χ1v) is 9.10. The van der Waals surface area contributed by atoms with Crippen LogP contribution in [-0.4, -0.2) is 49.2 Å². The maximum atomic E-state index is 13.4. The van der Waals surface area contributed by atoms with Crippen LogP contribution in [0.3, 0.4) is 0 Å². The Morgan fingerprint density at radius 2 is 1.80 bits per heavy atom. The monoisotopic (exact) mass is 391 g/mol. The summed E-state index contributed by atoms with van der Waals surface area (Å²) in [6.07, 6.45) is -7.85. The molecule has 1 aliphatic carbocycles. The maximum Gasteiger partial charge on any atom is 0.522 e. The molecule has 0 bridgehead atoms. The van der Waals surface area contributed by atoms with Gasteiger partial charge in [-0.05, 0) is 37.9 Å². The van der Waals surface area contributed by atoms with Gasteiger partial charge < -0.3 is 4.74 Å². The predicted octanol–water partition coefficient (Wildman–Crippen LogP) is 4.73. The van der Waals surface area contributed by atoms with Crippen LogP contribution in [0, 0.1) is 5.92 Å². The van der Waals surface area contributed by atoms with Gasteiger partial charge >= 0.3 is 12.5 Å². The van der Waals surface area contributed by atoms with Gasteiger partial charge in [0.1, 0.15) is 6.61 Å². The van der Waals surface area contributed by atoms with Crippen LogP contribution in [0.5, 0.6) is 0 Å². The van der Waals surface area contributed by atoms with Gasteiger partial charge in [0.2, 0.25) is 5.90 Å². The topological polar surface area (TPSA) is 30.8 Å². The van der Waals surface area contributed by atoms with Gasteiger partial charge in [0.05, 0.1) is 17.9 Å². The molecule has 25 heavy (non-hydrogen) atoms. The van der Waals surface area contributed by atoms with Gasteiger partial charge in [-0.3, -0.25) is 9.73 Å². The molecule has 1 heterocycles. The van der Waals surface area contributed by atoms with Crippen molar-refractivity contribution >= 4 is 17.7 Å². The lowest BCUT2D eigenvalue weighted by Gasteiger charge is -2.31. The van der Waals surface area contributed by atoms with E-state index in [0.717, 1.165) is 6.08 Å². The van der Waals surface area contributed by atoms with Crippen LogP contribution in [0.1, 0.15) is 25.7 Å². The molecule has 0 radical (unpaired) electrons. The fourth-order valence-corrected chi connectivity index (χ4v) is 3.37. The van der Waals surface area contributed by atoms with Crippen LogP contribution in [0.2, 0.25) is 0 Å². The Labute approximate surface area is 145 Å². The van der Waals surface area contributed by atoms with E-state index >= 15 is 0 Å². The van der Waals surface area contributed by atoms with Crippen LogP contribution in [0.4, 0.5) is 26.3 Å². The van der Waals surface area contributed by atoms with E-state index < -0.39 is 30.1 Å². The number of hydrogen-bond donors (Lipinski definition) is 0. The molecule has 144 valence electrons. The quantitative estimate of drug-likeness (QED) is 0.649.